The average molecular weight is 223 g/mol. The van der Waals surface area contributed by atoms with Gasteiger partial charge in [-0.2, -0.15) is 0 Å². The van der Waals surface area contributed by atoms with Crippen LogP contribution in [0, 0.1) is 0 Å². The Hall–Kier alpha value is -1.59. The molecule has 0 saturated carbocycles. The maximum atomic E-state index is 11.3. The molecule has 1 unspecified atom stereocenters. The zero-order valence-electron chi connectivity index (χ0n) is 9.02. The highest BCUT2D eigenvalue weighted by atomic mass is 16.3. The van der Waals surface area contributed by atoms with Gasteiger partial charge in [0.25, 0.3) is 0 Å². The van der Waals surface area contributed by atoms with Crippen molar-refractivity contribution in [3.8, 4) is 5.75 Å². The summed E-state index contributed by atoms with van der Waals surface area (Å²) in [5.74, 6) is -0.000724. The summed E-state index contributed by atoms with van der Waals surface area (Å²) >= 11 is 0. The second kappa shape index (κ2) is 6.09. The predicted molar refractivity (Wildman–Crippen MR) is 61.9 cm³/mol. The van der Waals surface area contributed by atoms with E-state index in [1.54, 1.807) is 12.1 Å². The first-order chi connectivity index (χ1) is 7.63. The molecule has 0 radical (unpaired) electrons. The number of benzene rings is 1. The van der Waals surface area contributed by atoms with Gasteiger partial charge < -0.3 is 21.9 Å². The highest BCUT2D eigenvalue weighted by molar-refractivity contribution is 5.81. The van der Waals surface area contributed by atoms with Crippen molar-refractivity contribution in [3.05, 3.63) is 29.8 Å². The van der Waals surface area contributed by atoms with Crippen molar-refractivity contribution in [2.24, 2.45) is 11.5 Å². The Morgan fingerprint density at radius 2 is 2.00 bits per heavy atom. The van der Waals surface area contributed by atoms with Gasteiger partial charge in [0.05, 0.1) is 6.04 Å². The molecule has 0 saturated heterocycles. The number of nitrogens with two attached hydrogens (primary N) is 2. The zero-order chi connectivity index (χ0) is 12.0. The molecule has 0 heterocycles. The van der Waals surface area contributed by atoms with E-state index in [2.05, 4.69) is 5.32 Å². The largest absolute Gasteiger partial charge is 0.508 e. The van der Waals surface area contributed by atoms with E-state index in [1.807, 2.05) is 12.1 Å². The Morgan fingerprint density at radius 3 is 2.56 bits per heavy atom. The van der Waals surface area contributed by atoms with E-state index >= 15 is 0 Å². The van der Waals surface area contributed by atoms with Gasteiger partial charge in [-0.05, 0) is 24.1 Å². The normalized spacial score (nSPS) is 12.1. The van der Waals surface area contributed by atoms with Crippen LogP contribution in [0.5, 0.6) is 5.75 Å². The van der Waals surface area contributed by atoms with Crippen molar-refractivity contribution in [1.29, 1.82) is 0 Å². The van der Waals surface area contributed by atoms with E-state index in [1.165, 1.54) is 0 Å². The minimum Gasteiger partial charge on any atom is -0.508 e. The molecule has 1 rings (SSSR count). The van der Waals surface area contributed by atoms with Crippen LogP contribution < -0.4 is 16.8 Å². The van der Waals surface area contributed by atoms with E-state index in [9.17, 15) is 4.79 Å². The number of carbonyl (C=O) groups is 1. The Morgan fingerprint density at radius 1 is 1.38 bits per heavy atom. The summed E-state index contributed by atoms with van der Waals surface area (Å²) in [5, 5.41) is 11.8. The van der Waals surface area contributed by atoms with Crippen LogP contribution >= 0.6 is 0 Å². The zero-order valence-corrected chi connectivity index (χ0v) is 9.02. The summed E-state index contributed by atoms with van der Waals surface area (Å²) in [6.07, 6.45) is 0.698. The standard InChI is InChI=1S/C11H17N3O2/c12-7-10(13)11(16)14-6-5-8-1-3-9(15)4-2-8/h1-4,10,15H,5-7,12-13H2,(H,14,16). The Kier molecular flexibility index (Phi) is 4.75. The van der Waals surface area contributed by atoms with Gasteiger partial charge in [0.1, 0.15) is 5.75 Å². The van der Waals surface area contributed by atoms with Crippen molar-refractivity contribution < 1.29 is 9.90 Å². The van der Waals surface area contributed by atoms with Gasteiger partial charge in [-0.3, -0.25) is 4.79 Å². The first-order valence-corrected chi connectivity index (χ1v) is 5.14. The first kappa shape index (κ1) is 12.5. The molecule has 0 aliphatic rings. The molecule has 88 valence electrons. The lowest BCUT2D eigenvalue weighted by Gasteiger charge is -2.09. The maximum Gasteiger partial charge on any atom is 0.238 e. The number of hydrogen-bond donors (Lipinski definition) is 4. The van der Waals surface area contributed by atoms with Crippen molar-refractivity contribution >= 4 is 5.91 Å². The molecule has 6 N–H and O–H groups in total. The molecule has 0 fully saturated rings. The molecule has 5 heteroatoms. The fourth-order valence-corrected chi connectivity index (χ4v) is 1.23. The summed E-state index contributed by atoms with van der Waals surface area (Å²) in [5.41, 5.74) is 11.7. The SMILES string of the molecule is NCC(N)C(=O)NCCc1ccc(O)cc1. The highest BCUT2D eigenvalue weighted by Crippen LogP contribution is 2.09. The van der Waals surface area contributed by atoms with Gasteiger partial charge in [-0.25, -0.2) is 0 Å². The van der Waals surface area contributed by atoms with Gasteiger partial charge >= 0.3 is 0 Å². The molecule has 5 nitrogen and oxygen atoms in total. The van der Waals surface area contributed by atoms with E-state index in [0.717, 1.165) is 5.56 Å². The minimum absolute atomic E-state index is 0.144. The van der Waals surface area contributed by atoms with Gasteiger partial charge in [0, 0.05) is 13.1 Å². The van der Waals surface area contributed by atoms with Crippen LogP contribution in [0.25, 0.3) is 0 Å². The van der Waals surface area contributed by atoms with E-state index in [-0.39, 0.29) is 18.2 Å². The molecule has 16 heavy (non-hydrogen) atoms. The Labute approximate surface area is 94.4 Å². The van der Waals surface area contributed by atoms with Gasteiger partial charge in [0.15, 0.2) is 0 Å². The number of rotatable bonds is 5. The van der Waals surface area contributed by atoms with Crippen LogP contribution in [-0.2, 0) is 11.2 Å². The molecule has 0 aliphatic heterocycles. The van der Waals surface area contributed by atoms with Gasteiger partial charge in [0.2, 0.25) is 5.91 Å². The molecular formula is C11H17N3O2. The van der Waals surface area contributed by atoms with E-state index in [0.29, 0.717) is 13.0 Å². The quantitative estimate of drug-likeness (QED) is 0.532. The summed E-state index contributed by atoms with van der Waals surface area (Å²) < 4.78 is 0. The van der Waals surface area contributed by atoms with Crippen molar-refractivity contribution in [3.63, 3.8) is 0 Å². The average Bonchev–Trinajstić information content (AvgIpc) is 2.30. The van der Waals surface area contributed by atoms with Crippen molar-refractivity contribution in [2.45, 2.75) is 12.5 Å². The number of amides is 1. The van der Waals surface area contributed by atoms with Gasteiger partial charge in [-0.15, -0.1) is 0 Å². The molecule has 1 aromatic rings. The van der Waals surface area contributed by atoms with Crippen molar-refractivity contribution in [2.75, 3.05) is 13.1 Å². The van der Waals surface area contributed by atoms with Crippen LogP contribution in [0.3, 0.4) is 0 Å². The van der Waals surface area contributed by atoms with E-state index in [4.69, 9.17) is 16.6 Å². The Bertz CT molecular complexity index is 338. The van der Waals surface area contributed by atoms with Crippen LogP contribution in [0.15, 0.2) is 24.3 Å². The second-order valence-electron chi connectivity index (χ2n) is 3.55. The highest BCUT2D eigenvalue weighted by Gasteiger charge is 2.09. The minimum atomic E-state index is -0.639. The van der Waals surface area contributed by atoms with Crippen LogP contribution in [-0.4, -0.2) is 30.1 Å². The molecular weight excluding hydrogens is 206 g/mol. The number of nitrogens with one attached hydrogen (secondary N) is 1. The number of phenols is 1. The fraction of sp³-hybridized carbons (Fsp3) is 0.364. The third-order valence-corrected chi connectivity index (χ3v) is 2.24. The molecule has 0 aliphatic carbocycles. The maximum absolute atomic E-state index is 11.3. The van der Waals surface area contributed by atoms with Crippen LogP contribution in [0.1, 0.15) is 5.56 Å². The lowest BCUT2D eigenvalue weighted by atomic mass is 10.1. The van der Waals surface area contributed by atoms with Crippen LogP contribution in [0.2, 0.25) is 0 Å². The lowest BCUT2D eigenvalue weighted by Crippen LogP contribution is -2.45. The summed E-state index contributed by atoms with van der Waals surface area (Å²) in [4.78, 5) is 11.3. The smallest absolute Gasteiger partial charge is 0.238 e. The van der Waals surface area contributed by atoms with E-state index < -0.39 is 6.04 Å². The summed E-state index contributed by atoms with van der Waals surface area (Å²) in [6.45, 7) is 0.655. The number of phenolic OH excluding ortho intramolecular Hbond substituents is 1. The van der Waals surface area contributed by atoms with Crippen LogP contribution in [0.4, 0.5) is 0 Å². The molecule has 1 amide bonds. The topological polar surface area (TPSA) is 101 Å². The third kappa shape index (κ3) is 3.88. The molecule has 0 spiro atoms. The third-order valence-electron chi connectivity index (χ3n) is 2.24. The van der Waals surface area contributed by atoms with Crippen molar-refractivity contribution in [1.82, 2.24) is 5.32 Å². The molecule has 1 aromatic carbocycles. The molecule has 1 atom stereocenters. The number of carbonyl (C=O) groups excluding carboxylic acids is 1. The number of aromatic hydroxyl groups is 1. The summed E-state index contributed by atoms with van der Waals surface area (Å²) in [7, 11) is 0. The predicted octanol–water partition coefficient (Wildman–Crippen LogP) is -0.663. The monoisotopic (exact) mass is 223 g/mol. The van der Waals surface area contributed by atoms with Gasteiger partial charge in [-0.1, -0.05) is 12.1 Å². The first-order valence-electron chi connectivity index (χ1n) is 5.14. The molecule has 0 bridgehead atoms. The lowest BCUT2D eigenvalue weighted by molar-refractivity contribution is -0.122. The molecule has 0 aromatic heterocycles. The summed E-state index contributed by atoms with van der Waals surface area (Å²) in [6, 6.07) is 6.21. The second-order valence-corrected chi connectivity index (χ2v) is 3.55. The fourth-order valence-electron chi connectivity index (χ4n) is 1.23. The Balaban J connectivity index is 2.30. The number of hydrogen-bond acceptors (Lipinski definition) is 4.